The highest BCUT2D eigenvalue weighted by Crippen LogP contribution is 2.22. The number of carbonyl (C=O) groups is 1. The van der Waals surface area contributed by atoms with Crippen LogP contribution < -0.4 is 4.90 Å². The van der Waals surface area contributed by atoms with E-state index in [2.05, 4.69) is 53.4 Å². The molecule has 0 bridgehead atoms. The Balaban J connectivity index is 1.82. The first kappa shape index (κ1) is 18.4. The van der Waals surface area contributed by atoms with Crippen molar-refractivity contribution in [2.24, 2.45) is 0 Å². The number of halogens is 1. The maximum absolute atomic E-state index is 12.9. The lowest BCUT2D eigenvalue weighted by atomic mass is 10.1. The maximum atomic E-state index is 12.9. The van der Waals surface area contributed by atoms with E-state index in [1.165, 1.54) is 4.90 Å². The van der Waals surface area contributed by atoms with E-state index in [4.69, 9.17) is 4.74 Å². The summed E-state index contributed by atoms with van der Waals surface area (Å²) in [7, 11) is 0. The van der Waals surface area contributed by atoms with Gasteiger partial charge in [0, 0.05) is 27.1 Å². The SMILES string of the molecule is Cc1cc(C(=O)C[NH+]2C[C@@H](C)O[C@H](C)C2)c(C)n1-c1ccc(Br)cc1. The van der Waals surface area contributed by atoms with Gasteiger partial charge >= 0.3 is 0 Å². The quantitative estimate of drug-likeness (QED) is 0.793. The molecule has 2 aromatic rings. The number of hydrogen-bond donors (Lipinski definition) is 1. The molecular formula is C20H26BrN2O2+. The van der Waals surface area contributed by atoms with Crippen molar-refractivity contribution in [3.63, 3.8) is 0 Å². The van der Waals surface area contributed by atoms with Crippen molar-refractivity contribution >= 4 is 21.7 Å². The predicted octanol–water partition coefficient (Wildman–Crippen LogP) is 2.73. The molecule has 1 saturated heterocycles. The molecule has 5 heteroatoms. The predicted molar refractivity (Wildman–Crippen MR) is 103 cm³/mol. The Morgan fingerprint density at radius 2 is 1.80 bits per heavy atom. The standard InChI is InChI=1S/C20H25BrN2O2/c1-13-9-19(16(4)23(13)18-7-5-17(21)6-8-18)20(24)12-22-10-14(2)25-15(3)11-22/h5-9,14-15H,10-12H2,1-4H3/p+1/t14-,15-/m1/s1. The number of quaternary nitrogens is 1. The average molecular weight is 406 g/mol. The van der Waals surface area contributed by atoms with Gasteiger partial charge in [-0.1, -0.05) is 15.9 Å². The van der Waals surface area contributed by atoms with E-state index in [1.807, 2.05) is 25.1 Å². The number of ketones is 1. The number of rotatable bonds is 4. The summed E-state index contributed by atoms with van der Waals surface area (Å²) in [5.74, 6) is 0.216. The highest BCUT2D eigenvalue weighted by atomic mass is 79.9. The summed E-state index contributed by atoms with van der Waals surface area (Å²) in [4.78, 5) is 14.2. The minimum absolute atomic E-state index is 0.210. The van der Waals surface area contributed by atoms with E-state index < -0.39 is 0 Å². The first-order chi connectivity index (χ1) is 11.8. The minimum atomic E-state index is 0.210. The van der Waals surface area contributed by atoms with Crippen molar-refractivity contribution in [1.82, 2.24) is 4.57 Å². The monoisotopic (exact) mass is 405 g/mol. The molecule has 0 radical (unpaired) electrons. The Labute approximate surface area is 157 Å². The van der Waals surface area contributed by atoms with Gasteiger partial charge in [0.15, 0.2) is 0 Å². The fourth-order valence-corrected chi connectivity index (χ4v) is 4.15. The summed E-state index contributed by atoms with van der Waals surface area (Å²) in [6.45, 7) is 10.6. The van der Waals surface area contributed by atoms with Gasteiger partial charge in [0.2, 0.25) is 5.78 Å². The van der Waals surface area contributed by atoms with Gasteiger partial charge < -0.3 is 14.2 Å². The number of ether oxygens (including phenoxy) is 1. The molecule has 1 aromatic heterocycles. The molecule has 0 aliphatic carbocycles. The molecule has 0 unspecified atom stereocenters. The average Bonchev–Trinajstić information content (AvgIpc) is 2.82. The van der Waals surface area contributed by atoms with Crippen molar-refractivity contribution in [3.05, 3.63) is 51.8 Å². The number of aromatic nitrogens is 1. The lowest BCUT2D eigenvalue weighted by molar-refractivity contribution is -0.906. The Morgan fingerprint density at radius 3 is 2.40 bits per heavy atom. The van der Waals surface area contributed by atoms with Crippen molar-refractivity contribution in [3.8, 4) is 5.69 Å². The van der Waals surface area contributed by atoms with Crippen molar-refractivity contribution < 1.29 is 14.4 Å². The van der Waals surface area contributed by atoms with Crippen molar-refractivity contribution in [2.45, 2.75) is 39.9 Å². The third-order valence-electron chi connectivity index (χ3n) is 4.84. The fraction of sp³-hybridized carbons (Fsp3) is 0.450. The van der Waals surface area contributed by atoms with Gasteiger partial charge in [-0.05, 0) is 58.0 Å². The van der Waals surface area contributed by atoms with Crippen LogP contribution in [0.1, 0.15) is 35.6 Å². The Bertz CT molecular complexity index is 757. The lowest BCUT2D eigenvalue weighted by Crippen LogP contribution is -3.16. The molecular weight excluding hydrogens is 380 g/mol. The van der Waals surface area contributed by atoms with Crippen molar-refractivity contribution in [1.29, 1.82) is 0 Å². The Kier molecular flexibility index (Phi) is 5.46. The largest absolute Gasteiger partial charge is 0.364 e. The molecule has 1 aliphatic heterocycles. The minimum Gasteiger partial charge on any atom is -0.364 e. The van der Waals surface area contributed by atoms with E-state index in [-0.39, 0.29) is 18.0 Å². The zero-order valence-corrected chi connectivity index (χ0v) is 16.9. The molecule has 0 saturated carbocycles. The highest BCUT2D eigenvalue weighted by Gasteiger charge is 2.28. The van der Waals surface area contributed by atoms with Crippen molar-refractivity contribution in [2.75, 3.05) is 19.6 Å². The van der Waals surface area contributed by atoms with Gasteiger partial charge in [0.25, 0.3) is 0 Å². The summed E-state index contributed by atoms with van der Waals surface area (Å²) in [6.07, 6.45) is 0.420. The first-order valence-electron chi connectivity index (χ1n) is 8.82. The smallest absolute Gasteiger partial charge is 0.218 e. The highest BCUT2D eigenvalue weighted by molar-refractivity contribution is 9.10. The fourth-order valence-electron chi connectivity index (χ4n) is 3.89. The first-order valence-corrected chi connectivity index (χ1v) is 9.61. The number of aryl methyl sites for hydroxylation is 1. The van der Waals surface area contributed by atoms with Gasteiger partial charge in [-0.3, -0.25) is 4.79 Å². The van der Waals surface area contributed by atoms with Gasteiger partial charge in [0.1, 0.15) is 31.8 Å². The number of Topliss-reactive ketones (excluding diaryl/α,β-unsaturated/α-hetero) is 1. The Hall–Kier alpha value is -1.43. The number of hydrogen-bond acceptors (Lipinski definition) is 2. The summed E-state index contributed by atoms with van der Waals surface area (Å²) in [6, 6.07) is 10.2. The normalized spacial score (nSPS) is 23.6. The topological polar surface area (TPSA) is 35.7 Å². The van der Waals surface area contributed by atoms with Gasteiger partial charge in [-0.25, -0.2) is 0 Å². The van der Waals surface area contributed by atoms with Gasteiger partial charge in [-0.15, -0.1) is 0 Å². The maximum Gasteiger partial charge on any atom is 0.218 e. The molecule has 4 nitrogen and oxygen atoms in total. The van der Waals surface area contributed by atoms with E-state index in [0.717, 1.165) is 40.2 Å². The van der Waals surface area contributed by atoms with Crippen LogP contribution in [0.4, 0.5) is 0 Å². The molecule has 3 rings (SSSR count). The summed E-state index contributed by atoms with van der Waals surface area (Å²) in [5, 5.41) is 0. The molecule has 134 valence electrons. The lowest BCUT2D eigenvalue weighted by Gasteiger charge is -2.31. The van der Waals surface area contributed by atoms with E-state index in [1.54, 1.807) is 0 Å². The second kappa shape index (κ2) is 7.44. The Morgan fingerprint density at radius 1 is 1.20 bits per heavy atom. The molecule has 0 spiro atoms. The van der Waals surface area contributed by atoms with Crippen LogP contribution in [0, 0.1) is 13.8 Å². The van der Waals surface area contributed by atoms with Crippen LogP contribution in [0.15, 0.2) is 34.8 Å². The summed E-state index contributed by atoms with van der Waals surface area (Å²) < 4.78 is 8.98. The molecule has 1 N–H and O–H groups in total. The second-order valence-corrected chi connectivity index (χ2v) is 8.03. The molecule has 2 atom stereocenters. The van der Waals surface area contributed by atoms with E-state index >= 15 is 0 Å². The second-order valence-electron chi connectivity index (χ2n) is 7.11. The zero-order chi connectivity index (χ0) is 18.1. The third-order valence-corrected chi connectivity index (χ3v) is 5.37. The van der Waals surface area contributed by atoms with E-state index in [0.29, 0.717) is 6.54 Å². The van der Waals surface area contributed by atoms with Crippen LogP contribution in [-0.4, -0.2) is 42.2 Å². The number of carbonyl (C=O) groups excluding carboxylic acids is 1. The molecule has 2 heterocycles. The van der Waals surface area contributed by atoms with Crippen LogP contribution in [-0.2, 0) is 4.74 Å². The number of nitrogens with zero attached hydrogens (tertiary/aromatic N) is 1. The molecule has 1 fully saturated rings. The van der Waals surface area contributed by atoms with E-state index in [9.17, 15) is 4.79 Å². The van der Waals surface area contributed by atoms with Crippen LogP contribution in [0.5, 0.6) is 0 Å². The number of benzene rings is 1. The molecule has 0 amide bonds. The molecule has 1 aromatic carbocycles. The van der Waals surface area contributed by atoms with Crippen LogP contribution in [0.3, 0.4) is 0 Å². The van der Waals surface area contributed by atoms with Crippen LogP contribution >= 0.6 is 15.9 Å². The van der Waals surface area contributed by atoms with Crippen LogP contribution in [0.25, 0.3) is 5.69 Å². The molecule has 25 heavy (non-hydrogen) atoms. The number of nitrogens with one attached hydrogen (secondary N) is 1. The van der Waals surface area contributed by atoms with Crippen LogP contribution in [0.2, 0.25) is 0 Å². The van der Waals surface area contributed by atoms with Gasteiger partial charge in [-0.2, -0.15) is 0 Å². The number of morpholine rings is 1. The summed E-state index contributed by atoms with van der Waals surface area (Å²) >= 11 is 3.47. The zero-order valence-electron chi connectivity index (χ0n) is 15.3. The van der Waals surface area contributed by atoms with Gasteiger partial charge in [0.05, 0.1) is 0 Å². The summed E-state index contributed by atoms with van der Waals surface area (Å²) in [5.41, 5.74) is 4.01. The third kappa shape index (κ3) is 4.05. The molecule has 1 aliphatic rings.